The predicted molar refractivity (Wildman–Crippen MR) is 61.7 cm³/mol. The maximum atomic E-state index is 10.9. The molecule has 0 radical (unpaired) electrons. The second-order valence-corrected chi connectivity index (χ2v) is 5.09. The van der Waals surface area contributed by atoms with Gasteiger partial charge in [-0.3, -0.25) is 0 Å². The second kappa shape index (κ2) is 4.68. The summed E-state index contributed by atoms with van der Waals surface area (Å²) in [6.45, 7) is 0. The molecular weight excluding hydrogens is 263 g/mol. The molecule has 0 bridgehead atoms. The summed E-state index contributed by atoms with van der Waals surface area (Å²) in [6, 6.07) is 11.4. The Morgan fingerprint density at radius 3 is 2.33 bits per heavy atom. The van der Waals surface area contributed by atoms with Crippen molar-refractivity contribution >= 4 is 32.1 Å². The van der Waals surface area contributed by atoms with Crippen LogP contribution in [0.2, 0.25) is 0 Å². The van der Waals surface area contributed by atoms with E-state index in [-0.39, 0.29) is 34.5 Å². The summed E-state index contributed by atoms with van der Waals surface area (Å²) in [5.41, 5.74) is 1.24. The zero-order chi connectivity index (χ0) is 12.0. The molecule has 0 aliphatic heterocycles. The van der Waals surface area contributed by atoms with Crippen molar-refractivity contribution in [2.75, 3.05) is 0 Å². The van der Waals surface area contributed by atoms with E-state index >= 15 is 0 Å². The fraction of sp³-hybridized carbons (Fsp3) is 0. The zero-order valence-electron chi connectivity index (χ0n) is 9.58. The van der Waals surface area contributed by atoms with Gasteiger partial charge in [0.25, 0.3) is 0 Å². The maximum absolute atomic E-state index is 10.9. The summed E-state index contributed by atoms with van der Waals surface area (Å²) in [7, 11) is -4.43. The molecule has 86 valence electrons. The van der Waals surface area contributed by atoms with Crippen molar-refractivity contribution in [2.24, 2.45) is 0 Å². The zero-order valence-corrected chi connectivity index (χ0v) is 12.4. The molecule has 0 unspecified atom stereocenters. The van der Waals surface area contributed by atoms with Gasteiger partial charge >= 0.3 is 29.6 Å². The molecule has 18 heavy (non-hydrogen) atoms. The average molecular weight is 270 g/mol. The molecule has 2 aromatic carbocycles. The summed E-state index contributed by atoms with van der Waals surface area (Å²) in [4.78, 5) is -0.239. The SMILES string of the molecule is O=S(=O)([O-])c1ccc2oc3ccccc3c2c1.[Na+]. The minimum atomic E-state index is -4.43. The molecule has 0 N–H and O–H groups in total. The van der Waals surface area contributed by atoms with E-state index in [1.807, 2.05) is 18.2 Å². The van der Waals surface area contributed by atoms with Crippen LogP contribution in [0.1, 0.15) is 0 Å². The second-order valence-electron chi connectivity index (χ2n) is 3.71. The van der Waals surface area contributed by atoms with Gasteiger partial charge in [0.05, 0.1) is 4.90 Å². The van der Waals surface area contributed by atoms with E-state index in [0.29, 0.717) is 16.6 Å². The van der Waals surface area contributed by atoms with Crippen LogP contribution < -0.4 is 29.6 Å². The monoisotopic (exact) mass is 270 g/mol. The van der Waals surface area contributed by atoms with E-state index in [1.54, 1.807) is 6.07 Å². The van der Waals surface area contributed by atoms with Crippen LogP contribution in [0, 0.1) is 0 Å². The van der Waals surface area contributed by atoms with Crippen molar-refractivity contribution < 1.29 is 46.9 Å². The van der Waals surface area contributed by atoms with E-state index < -0.39 is 10.1 Å². The molecule has 0 aliphatic rings. The predicted octanol–water partition coefficient (Wildman–Crippen LogP) is -0.506. The van der Waals surface area contributed by atoms with E-state index in [2.05, 4.69) is 0 Å². The van der Waals surface area contributed by atoms with Gasteiger partial charge in [0.1, 0.15) is 21.3 Å². The Hall–Kier alpha value is -0.850. The number of furan rings is 1. The molecule has 0 saturated heterocycles. The van der Waals surface area contributed by atoms with Crippen molar-refractivity contribution in [2.45, 2.75) is 4.90 Å². The topological polar surface area (TPSA) is 70.3 Å². The van der Waals surface area contributed by atoms with Crippen LogP contribution in [0.5, 0.6) is 0 Å². The van der Waals surface area contributed by atoms with Crippen LogP contribution in [-0.4, -0.2) is 13.0 Å². The third-order valence-electron chi connectivity index (χ3n) is 2.64. The van der Waals surface area contributed by atoms with Gasteiger partial charge in [0, 0.05) is 10.8 Å². The average Bonchev–Trinajstić information content (AvgIpc) is 2.65. The van der Waals surface area contributed by atoms with Crippen LogP contribution in [-0.2, 0) is 10.1 Å². The fourth-order valence-electron chi connectivity index (χ4n) is 1.86. The molecule has 0 saturated carbocycles. The maximum Gasteiger partial charge on any atom is 1.00 e. The van der Waals surface area contributed by atoms with Gasteiger partial charge in [-0.1, -0.05) is 18.2 Å². The number of para-hydroxylation sites is 1. The summed E-state index contributed by atoms with van der Waals surface area (Å²) in [6.07, 6.45) is 0. The van der Waals surface area contributed by atoms with Crippen molar-refractivity contribution in [3.05, 3.63) is 42.5 Å². The Labute approximate surface area is 126 Å². The number of rotatable bonds is 1. The van der Waals surface area contributed by atoms with E-state index in [1.165, 1.54) is 18.2 Å². The number of hydrogen-bond donors (Lipinski definition) is 0. The van der Waals surface area contributed by atoms with Crippen molar-refractivity contribution in [3.63, 3.8) is 0 Å². The van der Waals surface area contributed by atoms with Crippen LogP contribution in [0.15, 0.2) is 51.8 Å². The number of benzene rings is 2. The van der Waals surface area contributed by atoms with E-state index in [4.69, 9.17) is 4.42 Å². The van der Waals surface area contributed by atoms with Gasteiger partial charge < -0.3 is 8.97 Å². The largest absolute Gasteiger partial charge is 1.00 e. The molecule has 1 aromatic heterocycles. The van der Waals surface area contributed by atoms with Gasteiger partial charge in [0.15, 0.2) is 0 Å². The first-order valence-corrected chi connectivity index (χ1v) is 6.34. The van der Waals surface area contributed by atoms with Crippen molar-refractivity contribution in [3.8, 4) is 0 Å². The van der Waals surface area contributed by atoms with Gasteiger partial charge in [-0.2, -0.15) is 0 Å². The minimum Gasteiger partial charge on any atom is -0.744 e. The van der Waals surface area contributed by atoms with Crippen LogP contribution >= 0.6 is 0 Å². The Balaban J connectivity index is 0.00000120. The van der Waals surface area contributed by atoms with Crippen molar-refractivity contribution in [1.82, 2.24) is 0 Å². The van der Waals surface area contributed by atoms with Crippen LogP contribution in [0.3, 0.4) is 0 Å². The number of hydrogen-bond acceptors (Lipinski definition) is 4. The molecule has 3 rings (SSSR count). The molecule has 1 heterocycles. The normalized spacial score (nSPS) is 11.6. The first-order valence-electron chi connectivity index (χ1n) is 4.93. The summed E-state index contributed by atoms with van der Waals surface area (Å²) < 4.78 is 38.4. The first-order chi connectivity index (χ1) is 8.05. The molecule has 0 fully saturated rings. The molecule has 3 aromatic rings. The van der Waals surface area contributed by atoms with Crippen LogP contribution in [0.4, 0.5) is 0 Å². The Morgan fingerprint density at radius 1 is 0.944 bits per heavy atom. The molecule has 6 heteroatoms. The molecule has 4 nitrogen and oxygen atoms in total. The molecule has 0 aliphatic carbocycles. The summed E-state index contributed by atoms with van der Waals surface area (Å²) in [5, 5.41) is 1.44. The van der Waals surface area contributed by atoms with Gasteiger partial charge in [-0.05, 0) is 24.3 Å². The molecule has 0 atom stereocenters. The Morgan fingerprint density at radius 2 is 1.61 bits per heavy atom. The van der Waals surface area contributed by atoms with Gasteiger partial charge in [-0.15, -0.1) is 0 Å². The minimum absolute atomic E-state index is 0. The molecule has 0 spiro atoms. The summed E-state index contributed by atoms with van der Waals surface area (Å²) in [5.74, 6) is 0. The Kier molecular flexibility index (Phi) is 3.53. The molecular formula is C12H7NaO4S. The van der Waals surface area contributed by atoms with E-state index in [9.17, 15) is 13.0 Å². The molecule has 0 amide bonds. The summed E-state index contributed by atoms with van der Waals surface area (Å²) >= 11 is 0. The Bertz CT molecular complexity index is 820. The smallest absolute Gasteiger partial charge is 0.744 e. The van der Waals surface area contributed by atoms with Gasteiger partial charge in [-0.25, -0.2) is 8.42 Å². The third-order valence-corrected chi connectivity index (χ3v) is 3.47. The first kappa shape index (κ1) is 13.6. The third kappa shape index (κ3) is 2.20. The van der Waals surface area contributed by atoms with E-state index in [0.717, 1.165) is 5.39 Å². The quantitative estimate of drug-likeness (QED) is 0.441. The van der Waals surface area contributed by atoms with Crippen LogP contribution in [0.25, 0.3) is 21.9 Å². The van der Waals surface area contributed by atoms with Gasteiger partial charge in [0.2, 0.25) is 0 Å². The van der Waals surface area contributed by atoms with Crippen molar-refractivity contribution in [1.29, 1.82) is 0 Å². The fourth-order valence-corrected chi connectivity index (χ4v) is 2.36. The number of fused-ring (bicyclic) bond motifs is 3. The standard InChI is InChI=1S/C12H8O4S.Na/c13-17(14,15)8-5-6-12-10(7-8)9-3-1-2-4-11(9)16-12;/h1-7H,(H,13,14,15);/q;+1/p-1.